The molecular weight excluding hydrogens is 308 g/mol. The fourth-order valence-electron chi connectivity index (χ4n) is 4.35. The fourth-order valence-corrected chi connectivity index (χ4v) is 4.35. The van der Waals surface area contributed by atoms with Crippen LogP contribution in [0.4, 0.5) is 4.79 Å². The van der Waals surface area contributed by atoms with E-state index in [1.165, 1.54) is 0 Å². The second-order valence-corrected chi connectivity index (χ2v) is 8.57. The quantitative estimate of drug-likeness (QED) is 0.796. The van der Waals surface area contributed by atoms with Gasteiger partial charge in [-0.1, -0.05) is 0 Å². The molecule has 2 saturated heterocycles. The molecular formula is C18H30N2O4. The van der Waals surface area contributed by atoms with Crippen molar-refractivity contribution >= 4 is 12.0 Å². The number of rotatable bonds is 1. The van der Waals surface area contributed by atoms with E-state index in [2.05, 4.69) is 0 Å². The molecule has 1 saturated carbocycles. The van der Waals surface area contributed by atoms with Crippen LogP contribution in [0.2, 0.25) is 0 Å². The summed E-state index contributed by atoms with van der Waals surface area (Å²) < 4.78 is 5.56. The molecule has 24 heavy (non-hydrogen) atoms. The number of piperidine rings is 1. The number of amides is 2. The minimum absolute atomic E-state index is 0.00121. The molecule has 136 valence electrons. The Morgan fingerprint density at radius 3 is 2.08 bits per heavy atom. The van der Waals surface area contributed by atoms with Crippen LogP contribution < -0.4 is 0 Å². The van der Waals surface area contributed by atoms with Crippen molar-refractivity contribution in [3.8, 4) is 0 Å². The van der Waals surface area contributed by atoms with Crippen molar-refractivity contribution in [1.82, 2.24) is 9.80 Å². The number of ether oxygens (including phenoxy) is 1. The standard InChI is InChI=1S/C18H30N2O4/c1-17(2,3)24-16(22)20-13-7-6-8-14(20)12-19(11-13)15(21)18(23)9-4-5-10-18/h13-14,23H,4-12H2,1-3H3/t13-,14-/m0/s1. The number of hydrogen-bond donors (Lipinski definition) is 1. The molecule has 0 unspecified atom stereocenters. The average molecular weight is 338 g/mol. The van der Waals surface area contributed by atoms with Crippen LogP contribution in [0.5, 0.6) is 0 Å². The highest BCUT2D eigenvalue weighted by molar-refractivity contribution is 5.85. The molecule has 2 atom stereocenters. The monoisotopic (exact) mass is 338 g/mol. The van der Waals surface area contributed by atoms with Crippen molar-refractivity contribution in [3.63, 3.8) is 0 Å². The summed E-state index contributed by atoms with van der Waals surface area (Å²) in [5, 5.41) is 10.6. The molecule has 1 N–H and O–H groups in total. The maximum absolute atomic E-state index is 12.8. The van der Waals surface area contributed by atoms with Gasteiger partial charge in [-0.3, -0.25) is 9.69 Å². The van der Waals surface area contributed by atoms with Crippen molar-refractivity contribution in [2.45, 2.75) is 89.0 Å². The van der Waals surface area contributed by atoms with Gasteiger partial charge in [0.2, 0.25) is 0 Å². The van der Waals surface area contributed by atoms with E-state index >= 15 is 0 Å². The second kappa shape index (κ2) is 6.21. The highest BCUT2D eigenvalue weighted by Gasteiger charge is 2.48. The lowest BCUT2D eigenvalue weighted by Gasteiger charge is -2.50. The first-order valence-corrected chi connectivity index (χ1v) is 9.23. The van der Waals surface area contributed by atoms with Crippen LogP contribution in [0.3, 0.4) is 0 Å². The van der Waals surface area contributed by atoms with Gasteiger partial charge in [0.05, 0.1) is 12.1 Å². The lowest BCUT2D eigenvalue weighted by Crippen LogP contribution is -2.66. The molecule has 1 aliphatic carbocycles. The minimum Gasteiger partial charge on any atom is -0.444 e. The molecule has 0 aromatic rings. The zero-order valence-corrected chi connectivity index (χ0v) is 15.1. The van der Waals surface area contributed by atoms with Gasteiger partial charge in [0.1, 0.15) is 11.2 Å². The molecule has 2 heterocycles. The molecule has 2 bridgehead atoms. The van der Waals surface area contributed by atoms with E-state index in [9.17, 15) is 14.7 Å². The number of carbonyl (C=O) groups excluding carboxylic acids is 2. The van der Waals surface area contributed by atoms with Gasteiger partial charge in [0.15, 0.2) is 0 Å². The SMILES string of the molecule is CC(C)(C)OC(=O)N1[C@H]2CCC[C@H]1CN(C(=O)C1(O)CCCC1)C2. The van der Waals surface area contributed by atoms with Crippen LogP contribution in [0.1, 0.15) is 65.7 Å². The molecule has 3 aliphatic rings. The molecule has 6 heteroatoms. The van der Waals surface area contributed by atoms with Crippen molar-refractivity contribution in [1.29, 1.82) is 0 Å². The third-order valence-corrected chi connectivity index (χ3v) is 5.44. The average Bonchev–Trinajstić information content (AvgIpc) is 2.91. The summed E-state index contributed by atoms with van der Waals surface area (Å²) >= 11 is 0. The zero-order chi connectivity index (χ0) is 17.5. The Morgan fingerprint density at radius 1 is 1.04 bits per heavy atom. The highest BCUT2D eigenvalue weighted by atomic mass is 16.6. The Labute approximate surface area is 144 Å². The summed E-state index contributed by atoms with van der Waals surface area (Å²) in [6.45, 7) is 6.63. The van der Waals surface area contributed by atoms with Gasteiger partial charge in [-0.25, -0.2) is 4.79 Å². The molecule has 2 aliphatic heterocycles. The highest BCUT2D eigenvalue weighted by Crippen LogP contribution is 2.35. The summed E-state index contributed by atoms with van der Waals surface area (Å²) in [6, 6.07) is 0.00241. The fraction of sp³-hybridized carbons (Fsp3) is 0.889. The van der Waals surface area contributed by atoms with E-state index in [1.807, 2.05) is 25.7 Å². The molecule has 2 amide bonds. The van der Waals surface area contributed by atoms with Gasteiger partial charge in [-0.15, -0.1) is 0 Å². The number of likely N-dealkylation sites (tertiary alicyclic amines) is 1. The Hall–Kier alpha value is -1.30. The first-order valence-electron chi connectivity index (χ1n) is 9.23. The first kappa shape index (κ1) is 17.5. The lowest BCUT2D eigenvalue weighted by atomic mass is 9.90. The molecule has 0 aromatic carbocycles. The third kappa shape index (κ3) is 3.39. The number of carbonyl (C=O) groups is 2. The Kier molecular flexibility index (Phi) is 4.53. The summed E-state index contributed by atoms with van der Waals surface area (Å²) in [4.78, 5) is 29.0. The van der Waals surface area contributed by atoms with Crippen LogP contribution in [0, 0.1) is 0 Å². The molecule has 3 fully saturated rings. The Balaban J connectivity index is 1.71. The maximum Gasteiger partial charge on any atom is 0.410 e. The van der Waals surface area contributed by atoms with E-state index in [4.69, 9.17) is 4.74 Å². The van der Waals surface area contributed by atoms with Gasteiger partial charge in [0, 0.05) is 13.1 Å². The largest absolute Gasteiger partial charge is 0.444 e. The second-order valence-electron chi connectivity index (χ2n) is 8.57. The van der Waals surface area contributed by atoms with Crippen LogP contribution in [-0.2, 0) is 9.53 Å². The number of hydrogen-bond acceptors (Lipinski definition) is 4. The smallest absolute Gasteiger partial charge is 0.410 e. The molecule has 3 rings (SSSR count). The third-order valence-electron chi connectivity index (χ3n) is 5.44. The number of nitrogens with zero attached hydrogens (tertiary/aromatic N) is 2. The molecule has 0 spiro atoms. The van der Waals surface area contributed by atoms with Gasteiger partial charge >= 0.3 is 6.09 Å². The summed E-state index contributed by atoms with van der Waals surface area (Å²) in [6.07, 6.45) is 5.52. The Bertz CT molecular complexity index is 494. The topological polar surface area (TPSA) is 70.1 Å². The van der Waals surface area contributed by atoms with Crippen LogP contribution in [0.15, 0.2) is 0 Å². The molecule has 0 radical (unpaired) electrons. The predicted molar refractivity (Wildman–Crippen MR) is 89.5 cm³/mol. The maximum atomic E-state index is 12.8. The zero-order valence-electron chi connectivity index (χ0n) is 15.1. The number of fused-ring (bicyclic) bond motifs is 2. The summed E-state index contributed by atoms with van der Waals surface area (Å²) in [5.74, 6) is -0.138. The van der Waals surface area contributed by atoms with E-state index in [0.717, 1.165) is 32.1 Å². The summed E-state index contributed by atoms with van der Waals surface area (Å²) in [5.41, 5.74) is -1.69. The van der Waals surface area contributed by atoms with E-state index < -0.39 is 11.2 Å². The van der Waals surface area contributed by atoms with Gasteiger partial charge in [-0.05, 0) is 65.7 Å². The minimum atomic E-state index is -1.18. The van der Waals surface area contributed by atoms with Crippen LogP contribution in [-0.4, -0.2) is 63.3 Å². The van der Waals surface area contributed by atoms with Gasteiger partial charge in [0.25, 0.3) is 5.91 Å². The number of piperazine rings is 1. The number of aliphatic hydroxyl groups is 1. The predicted octanol–water partition coefficient (Wildman–Crippen LogP) is 2.29. The van der Waals surface area contributed by atoms with Crippen molar-refractivity contribution in [3.05, 3.63) is 0 Å². The summed E-state index contributed by atoms with van der Waals surface area (Å²) in [7, 11) is 0. The van der Waals surface area contributed by atoms with Gasteiger partial charge < -0.3 is 14.7 Å². The van der Waals surface area contributed by atoms with Crippen LogP contribution >= 0.6 is 0 Å². The van der Waals surface area contributed by atoms with Crippen molar-refractivity contribution in [2.24, 2.45) is 0 Å². The van der Waals surface area contributed by atoms with E-state index in [1.54, 1.807) is 4.90 Å². The normalized spacial score (nSPS) is 29.5. The van der Waals surface area contributed by atoms with Crippen molar-refractivity contribution < 1.29 is 19.4 Å². The lowest BCUT2D eigenvalue weighted by molar-refractivity contribution is -0.156. The molecule has 0 aromatic heterocycles. The first-order chi connectivity index (χ1) is 11.2. The van der Waals surface area contributed by atoms with E-state index in [0.29, 0.717) is 25.9 Å². The van der Waals surface area contributed by atoms with Crippen molar-refractivity contribution in [2.75, 3.05) is 13.1 Å². The van der Waals surface area contributed by atoms with Gasteiger partial charge in [-0.2, -0.15) is 0 Å². The van der Waals surface area contributed by atoms with Crippen LogP contribution in [0.25, 0.3) is 0 Å². The molecule has 6 nitrogen and oxygen atoms in total. The van der Waals surface area contributed by atoms with E-state index in [-0.39, 0.29) is 24.1 Å². The Morgan fingerprint density at radius 2 is 1.58 bits per heavy atom.